The number of likely N-dealkylation sites (N-methyl/N-ethyl adjacent to an activating group) is 1. The molecule has 4 rings (SSSR count). The lowest BCUT2D eigenvalue weighted by Crippen LogP contribution is -2.49. The lowest BCUT2D eigenvalue weighted by molar-refractivity contribution is -0.00961. The zero-order chi connectivity index (χ0) is 18.8. The Balaban J connectivity index is 1.56. The number of rotatable bonds is 5. The van der Waals surface area contributed by atoms with Gasteiger partial charge in [-0.25, -0.2) is 4.99 Å². The van der Waals surface area contributed by atoms with Crippen LogP contribution < -0.4 is 0 Å². The second kappa shape index (κ2) is 8.09. The highest BCUT2D eigenvalue weighted by atomic mass is 35.5. The van der Waals surface area contributed by atoms with Crippen molar-refractivity contribution < 1.29 is 4.74 Å². The molecule has 1 fully saturated rings. The number of hydrogen-bond acceptors (Lipinski definition) is 6. The van der Waals surface area contributed by atoms with E-state index in [1.165, 1.54) is 11.3 Å². The standard InChI is InChI=1S/C20H28ClN5O/c1-3-8-26-15-24(13-16-4-6-17(21)7-5-16)14-18-19(26)22-20(23(18)2)25-9-11-27-12-10-25/h4-7,14,20H,3,8-13,15H2,1-2H3. The summed E-state index contributed by atoms with van der Waals surface area (Å²) in [4.78, 5) is 14.6. The third-order valence-corrected chi connectivity index (χ3v) is 5.57. The fourth-order valence-electron chi connectivity index (χ4n) is 3.94. The fraction of sp³-hybridized carbons (Fsp3) is 0.550. The SMILES string of the molecule is CCCN1CN(Cc2ccc(Cl)cc2)C=C2C1=NC(N1CCOCC1)N2C. The lowest BCUT2D eigenvalue weighted by atomic mass is 10.2. The third-order valence-electron chi connectivity index (χ3n) is 5.31. The lowest BCUT2D eigenvalue weighted by Gasteiger charge is -2.38. The monoisotopic (exact) mass is 389 g/mol. The number of fused-ring (bicyclic) bond motifs is 1. The molecule has 1 atom stereocenters. The number of hydrogen-bond donors (Lipinski definition) is 0. The molecule has 0 radical (unpaired) electrons. The van der Waals surface area contributed by atoms with Crippen molar-refractivity contribution in [2.75, 3.05) is 46.6 Å². The topological polar surface area (TPSA) is 34.5 Å². The minimum absolute atomic E-state index is 0.0741. The van der Waals surface area contributed by atoms with Crippen LogP contribution >= 0.6 is 11.6 Å². The molecular weight excluding hydrogens is 362 g/mol. The van der Waals surface area contributed by atoms with Crippen LogP contribution in [0.25, 0.3) is 0 Å². The highest BCUT2D eigenvalue weighted by Crippen LogP contribution is 2.28. The van der Waals surface area contributed by atoms with Gasteiger partial charge in [0.2, 0.25) is 0 Å². The zero-order valence-electron chi connectivity index (χ0n) is 16.1. The van der Waals surface area contributed by atoms with Crippen LogP contribution in [0.15, 0.2) is 41.2 Å². The van der Waals surface area contributed by atoms with E-state index in [1.54, 1.807) is 0 Å². The molecule has 146 valence electrons. The van der Waals surface area contributed by atoms with Crippen LogP contribution in [0.5, 0.6) is 0 Å². The quantitative estimate of drug-likeness (QED) is 0.773. The summed E-state index contributed by atoms with van der Waals surface area (Å²) in [7, 11) is 2.15. The van der Waals surface area contributed by atoms with E-state index in [0.29, 0.717) is 0 Å². The fourth-order valence-corrected chi connectivity index (χ4v) is 4.06. The molecule has 1 aromatic rings. The molecule has 1 aromatic carbocycles. The summed E-state index contributed by atoms with van der Waals surface area (Å²) in [6, 6.07) is 8.12. The third kappa shape index (κ3) is 3.93. The van der Waals surface area contributed by atoms with E-state index < -0.39 is 0 Å². The van der Waals surface area contributed by atoms with Gasteiger partial charge >= 0.3 is 0 Å². The number of morpholine rings is 1. The van der Waals surface area contributed by atoms with Gasteiger partial charge in [-0.2, -0.15) is 0 Å². The summed E-state index contributed by atoms with van der Waals surface area (Å²) in [5, 5.41) is 0.779. The van der Waals surface area contributed by atoms with E-state index in [4.69, 9.17) is 21.3 Å². The van der Waals surface area contributed by atoms with Gasteiger partial charge in [0.1, 0.15) is 0 Å². The van der Waals surface area contributed by atoms with Gasteiger partial charge in [0, 0.05) is 44.4 Å². The Labute approximate surface area is 166 Å². The summed E-state index contributed by atoms with van der Waals surface area (Å²) in [6.45, 7) is 8.40. The van der Waals surface area contributed by atoms with Crippen LogP contribution in [0, 0.1) is 0 Å². The number of ether oxygens (including phenoxy) is 1. The van der Waals surface area contributed by atoms with E-state index in [0.717, 1.165) is 63.3 Å². The van der Waals surface area contributed by atoms with Crippen LogP contribution in [0.4, 0.5) is 0 Å². The van der Waals surface area contributed by atoms with Crippen molar-refractivity contribution in [3.8, 4) is 0 Å². The highest BCUT2D eigenvalue weighted by molar-refractivity contribution is 6.30. The maximum absolute atomic E-state index is 6.03. The first-order valence-corrected chi connectivity index (χ1v) is 10.1. The first-order chi connectivity index (χ1) is 13.2. The molecule has 0 N–H and O–H groups in total. The smallest absolute Gasteiger partial charge is 0.181 e. The van der Waals surface area contributed by atoms with Gasteiger partial charge in [-0.05, 0) is 24.1 Å². The molecule has 0 amide bonds. The summed E-state index contributed by atoms with van der Waals surface area (Å²) in [6.07, 6.45) is 3.44. The van der Waals surface area contributed by atoms with E-state index >= 15 is 0 Å². The molecule has 1 unspecified atom stereocenters. The predicted octanol–water partition coefficient (Wildman–Crippen LogP) is 2.63. The molecule has 0 aliphatic carbocycles. The first kappa shape index (κ1) is 18.6. The normalized spacial score (nSPS) is 23.4. The van der Waals surface area contributed by atoms with Crippen molar-refractivity contribution in [1.29, 1.82) is 0 Å². The number of aliphatic imine (C=N–C) groups is 1. The number of benzene rings is 1. The largest absolute Gasteiger partial charge is 0.379 e. The maximum Gasteiger partial charge on any atom is 0.181 e. The predicted molar refractivity (Wildman–Crippen MR) is 108 cm³/mol. The van der Waals surface area contributed by atoms with E-state index in [2.05, 4.69) is 51.9 Å². The van der Waals surface area contributed by atoms with Gasteiger partial charge < -0.3 is 19.4 Å². The maximum atomic E-state index is 6.03. The highest BCUT2D eigenvalue weighted by Gasteiger charge is 2.37. The van der Waals surface area contributed by atoms with Crippen molar-refractivity contribution in [1.82, 2.24) is 19.6 Å². The van der Waals surface area contributed by atoms with Gasteiger partial charge in [-0.1, -0.05) is 30.7 Å². The van der Waals surface area contributed by atoms with E-state index in [1.807, 2.05) is 12.1 Å². The molecule has 3 aliphatic heterocycles. The van der Waals surface area contributed by atoms with Crippen LogP contribution in [-0.4, -0.2) is 78.3 Å². The van der Waals surface area contributed by atoms with Gasteiger partial charge in [0.15, 0.2) is 12.1 Å². The molecule has 3 aliphatic rings. The van der Waals surface area contributed by atoms with Crippen molar-refractivity contribution in [2.45, 2.75) is 26.2 Å². The molecule has 0 aromatic heterocycles. The second-order valence-electron chi connectivity index (χ2n) is 7.35. The van der Waals surface area contributed by atoms with Gasteiger partial charge in [0.05, 0.1) is 25.6 Å². The Kier molecular flexibility index (Phi) is 5.57. The first-order valence-electron chi connectivity index (χ1n) is 9.74. The minimum atomic E-state index is 0.0741. The molecule has 1 saturated heterocycles. The second-order valence-corrected chi connectivity index (χ2v) is 7.79. The summed E-state index contributed by atoms with van der Waals surface area (Å²) >= 11 is 6.03. The molecule has 6 nitrogen and oxygen atoms in total. The van der Waals surface area contributed by atoms with Crippen LogP contribution in [0.3, 0.4) is 0 Å². The Morgan fingerprint density at radius 2 is 1.93 bits per heavy atom. The van der Waals surface area contributed by atoms with Crippen molar-refractivity contribution >= 4 is 17.4 Å². The number of halogens is 1. The Bertz CT molecular complexity index is 714. The van der Waals surface area contributed by atoms with Crippen LogP contribution in [0.1, 0.15) is 18.9 Å². The minimum Gasteiger partial charge on any atom is -0.379 e. The average Bonchev–Trinajstić information content (AvgIpc) is 3.02. The van der Waals surface area contributed by atoms with Crippen LogP contribution in [0.2, 0.25) is 5.02 Å². The Hall–Kier alpha value is -1.76. The van der Waals surface area contributed by atoms with Gasteiger partial charge in [0.25, 0.3) is 0 Å². The summed E-state index contributed by atoms with van der Waals surface area (Å²) < 4.78 is 5.51. The zero-order valence-corrected chi connectivity index (χ0v) is 16.9. The molecule has 0 bridgehead atoms. The summed E-state index contributed by atoms with van der Waals surface area (Å²) in [5.41, 5.74) is 2.47. The Morgan fingerprint density at radius 3 is 2.63 bits per heavy atom. The van der Waals surface area contributed by atoms with Gasteiger partial charge in [-0.3, -0.25) is 4.90 Å². The number of amidine groups is 1. The van der Waals surface area contributed by atoms with Crippen molar-refractivity contribution in [3.63, 3.8) is 0 Å². The molecule has 7 heteroatoms. The van der Waals surface area contributed by atoms with Crippen LogP contribution in [-0.2, 0) is 11.3 Å². The van der Waals surface area contributed by atoms with E-state index in [9.17, 15) is 0 Å². The average molecular weight is 390 g/mol. The van der Waals surface area contributed by atoms with Crippen molar-refractivity contribution in [2.24, 2.45) is 4.99 Å². The molecule has 0 spiro atoms. The van der Waals surface area contributed by atoms with Crippen molar-refractivity contribution in [3.05, 3.63) is 46.7 Å². The molecule has 3 heterocycles. The molecule has 0 saturated carbocycles. The molecular formula is C20H28ClN5O. The molecule has 27 heavy (non-hydrogen) atoms. The summed E-state index contributed by atoms with van der Waals surface area (Å²) in [5.74, 6) is 1.13. The van der Waals surface area contributed by atoms with Gasteiger partial charge in [-0.15, -0.1) is 0 Å². The number of nitrogens with zero attached hydrogens (tertiary/aromatic N) is 5. The van der Waals surface area contributed by atoms with E-state index in [-0.39, 0.29) is 6.29 Å². The Morgan fingerprint density at radius 1 is 1.19 bits per heavy atom.